The Balaban J connectivity index is 0.000000360. The molecule has 0 bridgehead atoms. The molecule has 34 valence electrons. The standard InChI is InChI=1S/C5H8N.Cs/c1-2-4-6-5-3-1;/h1,6H,2,4-5H2;/q-1;+1. The number of rotatable bonds is 0. The molecule has 7 heavy (non-hydrogen) atoms. The molecule has 1 N–H and O–H groups in total. The Hall–Kier alpha value is 1.75. The molecule has 0 aliphatic carbocycles. The monoisotopic (exact) mass is 215 g/mol. The first-order chi connectivity index (χ1) is 3.00. The predicted octanol–water partition coefficient (Wildman–Crippen LogP) is -2.66. The Bertz CT molecular complexity index is 53.1. The van der Waals surface area contributed by atoms with E-state index >= 15 is 0 Å². The van der Waals surface area contributed by atoms with E-state index in [1.807, 2.05) is 0 Å². The molecule has 0 aromatic carbocycles. The van der Waals surface area contributed by atoms with Gasteiger partial charge in [-0.2, -0.15) is 0 Å². The SMILES string of the molecule is [C-]1=CCCNC1.[Cs+]. The van der Waals surface area contributed by atoms with Gasteiger partial charge >= 0.3 is 68.9 Å². The van der Waals surface area contributed by atoms with Crippen molar-refractivity contribution in [2.24, 2.45) is 0 Å². The molecular formula is C5H8CsN. The molecule has 0 saturated carbocycles. The third-order valence-electron chi connectivity index (χ3n) is 0.837. The van der Waals surface area contributed by atoms with Crippen molar-refractivity contribution < 1.29 is 68.9 Å². The molecule has 1 nitrogen and oxygen atoms in total. The van der Waals surface area contributed by atoms with Crippen molar-refractivity contribution in [2.45, 2.75) is 6.42 Å². The first kappa shape index (κ1) is 8.75. The average Bonchev–Trinajstić information content (AvgIpc) is 1.72. The van der Waals surface area contributed by atoms with E-state index in [9.17, 15) is 0 Å². The quantitative estimate of drug-likeness (QED) is 0.435. The summed E-state index contributed by atoms with van der Waals surface area (Å²) in [6.07, 6.45) is 6.28. The van der Waals surface area contributed by atoms with Crippen LogP contribution < -0.4 is 74.2 Å². The Labute approximate surface area is 103 Å². The molecule has 1 heterocycles. The Morgan fingerprint density at radius 3 is 2.57 bits per heavy atom. The van der Waals surface area contributed by atoms with Crippen LogP contribution >= 0.6 is 0 Å². The van der Waals surface area contributed by atoms with Crippen molar-refractivity contribution in [3.63, 3.8) is 0 Å². The van der Waals surface area contributed by atoms with Gasteiger partial charge in [0.1, 0.15) is 0 Å². The van der Waals surface area contributed by atoms with Crippen LogP contribution in [0.4, 0.5) is 0 Å². The fourth-order valence-corrected chi connectivity index (χ4v) is 0.509. The van der Waals surface area contributed by atoms with Gasteiger partial charge in [0.25, 0.3) is 0 Å². The molecule has 0 fully saturated rings. The van der Waals surface area contributed by atoms with Crippen LogP contribution in [-0.2, 0) is 0 Å². The van der Waals surface area contributed by atoms with Gasteiger partial charge in [-0.15, -0.1) is 6.54 Å². The van der Waals surface area contributed by atoms with Crippen molar-refractivity contribution in [3.05, 3.63) is 12.2 Å². The maximum Gasteiger partial charge on any atom is 1.00 e. The van der Waals surface area contributed by atoms with E-state index in [0.29, 0.717) is 0 Å². The molecule has 1 aliphatic rings. The summed E-state index contributed by atoms with van der Waals surface area (Å²) in [7, 11) is 0. The molecule has 0 spiro atoms. The fraction of sp³-hybridized carbons (Fsp3) is 0.600. The van der Waals surface area contributed by atoms with E-state index < -0.39 is 0 Å². The minimum absolute atomic E-state index is 0. The normalized spacial score (nSPS) is 18.3. The average molecular weight is 215 g/mol. The van der Waals surface area contributed by atoms with Crippen molar-refractivity contribution in [2.75, 3.05) is 13.1 Å². The van der Waals surface area contributed by atoms with Gasteiger partial charge in [0, 0.05) is 0 Å². The first-order valence-corrected chi connectivity index (χ1v) is 2.26. The fourth-order valence-electron chi connectivity index (χ4n) is 0.509. The Kier molecular flexibility index (Phi) is 7.35. The largest absolute Gasteiger partial charge is 1.00 e. The van der Waals surface area contributed by atoms with Crippen LogP contribution in [0.25, 0.3) is 0 Å². The van der Waals surface area contributed by atoms with E-state index in [2.05, 4.69) is 17.5 Å². The molecule has 1 rings (SSSR count). The smallest absolute Gasteiger partial charge is 0.486 e. The Morgan fingerprint density at radius 2 is 2.43 bits per heavy atom. The summed E-state index contributed by atoms with van der Waals surface area (Å²) < 4.78 is 0. The maximum absolute atomic E-state index is 3.14. The van der Waals surface area contributed by atoms with E-state index in [1.54, 1.807) is 0 Å². The van der Waals surface area contributed by atoms with Crippen LogP contribution in [0.5, 0.6) is 0 Å². The minimum atomic E-state index is 0. The van der Waals surface area contributed by atoms with Crippen molar-refractivity contribution in [3.8, 4) is 0 Å². The molecule has 0 amide bonds. The molecule has 0 aromatic rings. The third kappa shape index (κ3) is 4.27. The minimum Gasteiger partial charge on any atom is -0.486 e. The van der Waals surface area contributed by atoms with Gasteiger partial charge in [-0.1, -0.05) is 6.42 Å². The van der Waals surface area contributed by atoms with Gasteiger partial charge in [-0.3, -0.25) is 6.08 Å². The van der Waals surface area contributed by atoms with Crippen LogP contribution in [0, 0.1) is 6.08 Å². The van der Waals surface area contributed by atoms with E-state index in [1.165, 1.54) is 0 Å². The number of nitrogens with one attached hydrogen (secondary N) is 1. The van der Waals surface area contributed by atoms with E-state index in [4.69, 9.17) is 0 Å². The predicted molar refractivity (Wildman–Crippen MR) is 25.3 cm³/mol. The van der Waals surface area contributed by atoms with Crippen LogP contribution in [0.3, 0.4) is 0 Å². The topological polar surface area (TPSA) is 12.0 Å². The van der Waals surface area contributed by atoms with E-state index in [-0.39, 0.29) is 68.9 Å². The third-order valence-corrected chi connectivity index (χ3v) is 0.837. The molecule has 1 aliphatic heterocycles. The summed E-state index contributed by atoms with van der Waals surface area (Å²) >= 11 is 0. The zero-order valence-electron chi connectivity index (χ0n) is 4.70. The van der Waals surface area contributed by atoms with E-state index in [0.717, 1.165) is 19.5 Å². The van der Waals surface area contributed by atoms with Gasteiger partial charge in [-0.05, 0) is 6.54 Å². The summed E-state index contributed by atoms with van der Waals surface area (Å²) in [5, 5.41) is 3.14. The van der Waals surface area contributed by atoms with Crippen molar-refractivity contribution in [1.82, 2.24) is 5.32 Å². The summed E-state index contributed by atoms with van der Waals surface area (Å²) in [5.74, 6) is 0. The van der Waals surface area contributed by atoms with Gasteiger partial charge < -0.3 is 11.4 Å². The van der Waals surface area contributed by atoms with Gasteiger partial charge in [0.15, 0.2) is 0 Å². The second kappa shape index (κ2) is 5.88. The molecule has 0 unspecified atom stereocenters. The summed E-state index contributed by atoms with van der Waals surface area (Å²) in [5.41, 5.74) is 0. The molecule has 0 radical (unpaired) electrons. The zero-order chi connectivity index (χ0) is 4.24. The maximum atomic E-state index is 3.14. The van der Waals surface area contributed by atoms with Crippen molar-refractivity contribution in [1.29, 1.82) is 0 Å². The van der Waals surface area contributed by atoms with Gasteiger partial charge in [0.2, 0.25) is 0 Å². The molecule has 2 heteroatoms. The zero-order valence-corrected chi connectivity index (χ0v) is 11.0. The van der Waals surface area contributed by atoms with Crippen LogP contribution in [0.15, 0.2) is 6.08 Å². The molecule has 0 atom stereocenters. The van der Waals surface area contributed by atoms with Crippen LogP contribution in [-0.4, -0.2) is 13.1 Å². The van der Waals surface area contributed by atoms with Gasteiger partial charge in [0.05, 0.1) is 0 Å². The van der Waals surface area contributed by atoms with Crippen LogP contribution in [0.2, 0.25) is 0 Å². The Morgan fingerprint density at radius 1 is 1.57 bits per heavy atom. The number of hydrogen-bond donors (Lipinski definition) is 1. The molecule has 0 saturated heterocycles. The second-order valence-electron chi connectivity index (χ2n) is 1.37. The number of hydrogen-bond acceptors (Lipinski definition) is 1. The molecule has 0 aromatic heterocycles. The summed E-state index contributed by atoms with van der Waals surface area (Å²) in [4.78, 5) is 0. The van der Waals surface area contributed by atoms with Crippen LogP contribution in [0.1, 0.15) is 6.42 Å². The summed E-state index contributed by atoms with van der Waals surface area (Å²) in [6, 6.07) is 0. The molecular weight excluding hydrogens is 207 g/mol. The second-order valence-corrected chi connectivity index (χ2v) is 1.37. The summed E-state index contributed by atoms with van der Waals surface area (Å²) in [6.45, 7) is 2.08. The van der Waals surface area contributed by atoms with Crippen molar-refractivity contribution >= 4 is 0 Å². The van der Waals surface area contributed by atoms with Gasteiger partial charge in [-0.25, -0.2) is 0 Å². The first-order valence-electron chi connectivity index (χ1n) is 2.26.